The number of aromatic nitrogens is 1. The third-order valence-electron chi connectivity index (χ3n) is 6.37. The number of pyridine rings is 1. The molecule has 2 aromatic rings. The summed E-state index contributed by atoms with van der Waals surface area (Å²) in [6.07, 6.45) is 2.11. The van der Waals surface area contributed by atoms with Gasteiger partial charge >= 0.3 is 5.97 Å². The van der Waals surface area contributed by atoms with Crippen LogP contribution in [0.2, 0.25) is 5.02 Å². The lowest BCUT2D eigenvalue weighted by molar-refractivity contribution is 0.0694. The molecule has 1 aromatic carbocycles. The molecule has 2 aliphatic carbocycles. The number of benzene rings is 1. The van der Waals surface area contributed by atoms with Gasteiger partial charge in [0.1, 0.15) is 17.6 Å². The van der Waals surface area contributed by atoms with Crippen molar-refractivity contribution in [3.8, 4) is 0 Å². The van der Waals surface area contributed by atoms with Crippen molar-refractivity contribution < 1.29 is 18.7 Å². The highest BCUT2D eigenvalue weighted by Crippen LogP contribution is 2.54. The summed E-state index contributed by atoms with van der Waals surface area (Å²) in [6, 6.07) is 0.308. The molecule has 1 aromatic heterocycles. The van der Waals surface area contributed by atoms with E-state index in [-0.39, 0.29) is 51.9 Å². The quantitative estimate of drug-likeness (QED) is 0.757. The second-order valence-corrected chi connectivity index (χ2v) is 8.55. The Kier molecular flexibility index (Phi) is 4.60. The number of carbonyl (C=O) groups is 1. The molecule has 3 aliphatic rings. The molecule has 0 unspecified atom stereocenters. The van der Waals surface area contributed by atoms with Crippen molar-refractivity contribution in [2.24, 2.45) is 11.1 Å². The SMILES string of the molecule is Cl.N[C@H]1CN(c2c(F)cc3c(=O)c(C(=O)O)cn([C@@H]4C[C@H]4F)c3c2Cl)CC12CC2. The minimum Gasteiger partial charge on any atom is -0.477 e. The van der Waals surface area contributed by atoms with Crippen molar-refractivity contribution in [2.45, 2.75) is 37.5 Å². The summed E-state index contributed by atoms with van der Waals surface area (Å²) in [5.41, 5.74) is 5.15. The Morgan fingerprint density at radius 1 is 1.38 bits per heavy atom. The minimum absolute atomic E-state index is 0. The van der Waals surface area contributed by atoms with E-state index >= 15 is 4.39 Å². The Bertz CT molecular complexity index is 1100. The van der Waals surface area contributed by atoms with Crippen LogP contribution in [0.3, 0.4) is 0 Å². The van der Waals surface area contributed by atoms with E-state index in [0.29, 0.717) is 13.1 Å². The first-order valence-electron chi connectivity index (χ1n) is 9.18. The highest BCUT2D eigenvalue weighted by Gasteiger charge is 2.54. The van der Waals surface area contributed by atoms with Crippen LogP contribution in [0.5, 0.6) is 0 Å². The summed E-state index contributed by atoms with van der Waals surface area (Å²) in [6.45, 7) is 1.01. The average Bonchev–Trinajstić information content (AvgIpc) is 3.51. The molecule has 156 valence electrons. The zero-order valence-corrected chi connectivity index (χ0v) is 16.8. The van der Waals surface area contributed by atoms with Gasteiger partial charge in [-0.3, -0.25) is 4.79 Å². The van der Waals surface area contributed by atoms with Gasteiger partial charge in [0.25, 0.3) is 0 Å². The van der Waals surface area contributed by atoms with Gasteiger partial charge in [-0.25, -0.2) is 13.6 Å². The molecule has 10 heteroatoms. The van der Waals surface area contributed by atoms with Crippen LogP contribution in [0.25, 0.3) is 10.9 Å². The van der Waals surface area contributed by atoms with Crippen molar-refractivity contribution in [3.63, 3.8) is 0 Å². The van der Waals surface area contributed by atoms with Crippen LogP contribution in [0.4, 0.5) is 14.5 Å². The molecule has 6 nitrogen and oxygen atoms in total. The number of fused-ring (bicyclic) bond motifs is 1. The number of carboxylic acids is 1. The maximum atomic E-state index is 15.0. The second-order valence-electron chi connectivity index (χ2n) is 8.17. The van der Waals surface area contributed by atoms with Crippen molar-refractivity contribution in [3.05, 3.63) is 38.9 Å². The van der Waals surface area contributed by atoms with E-state index in [0.717, 1.165) is 25.1 Å². The fourth-order valence-corrected chi connectivity index (χ4v) is 4.84. The maximum Gasteiger partial charge on any atom is 0.341 e. The van der Waals surface area contributed by atoms with Crippen LogP contribution in [-0.2, 0) is 0 Å². The fraction of sp³-hybridized carbons (Fsp3) is 0.474. The first kappa shape index (κ1) is 20.4. The Morgan fingerprint density at radius 3 is 2.55 bits per heavy atom. The normalized spacial score (nSPS) is 26.6. The van der Waals surface area contributed by atoms with Crippen LogP contribution in [0.15, 0.2) is 17.1 Å². The van der Waals surface area contributed by atoms with Crippen molar-refractivity contribution >= 4 is 46.6 Å². The number of hydrogen-bond acceptors (Lipinski definition) is 4. The number of rotatable bonds is 3. The zero-order chi connectivity index (χ0) is 20.0. The second kappa shape index (κ2) is 6.55. The molecule has 3 atom stereocenters. The van der Waals surface area contributed by atoms with Crippen LogP contribution in [0.1, 0.15) is 35.7 Å². The van der Waals surface area contributed by atoms with Crippen molar-refractivity contribution in [1.29, 1.82) is 0 Å². The summed E-state index contributed by atoms with van der Waals surface area (Å²) in [4.78, 5) is 25.8. The Labute approximate surface area is 175 Å². The summed E-state index contributed by atoms with van der Waals surface area (Å²) < 4.78 is 30.2. The minimum atomic E-state index is -1.45. The number of alkyl halides is 1. The maximum absolute atomic E-state index is 15.0. The number of nitrogens with zero attached hydrogens (tertiary/aromatic N) is 2. The number of halogens is 4. The lowest BCUT2D eigenvalue weighted by atomic mass is 10.0. The molecule has 0 radical (unpaired) electrons. The van der Waals surface area contributed by atoms with Crippen molar-refractivity contribution in [1.82, 2.24) is 4.57 Å². The van der Waals surface area contributed by atoms with E-state index in [2.05, 4.69) is 0 Å². The molecular weight excluding hydrogens is 427 g/mol. The molecule has 1 aliphatic heterocycles. The van der Waals surface area contributed by atoms with Gasteiger partial charge in [0.05, 0.1) is 27.7 Å². The zero-order valence-electron chi connectivity index (χ0n) is 15.2. The number of aromatic carboxylic acids is 1. The Balaban J connectivity index is 0.00000205. The Morgan fingerprint density at radius 2 is 2.03 bits per heavy atom. The molecular formula is C19H19Cl2F2N3O3. The van der Waals surface area contributed by atoms with Crippen LogP contribution in [0, 0.1) is 11.2 Å². The van der Waals surface area contributed by atoms with Crippen LogP contribution >= 0.6 is 24.0 Å². The van der Waals surface area contributed by atoms with Crippen molar-refractivity contribution in [2.75, 3.05) is 18.0 Å². The van der Waals surface area contributed by atoms with Crippen LogP contribution in [-0.4, -0.2) is 40.9 Å². The lowest BCUT2D eigenvalue weighted by Gasteiger charge is -2.23. The molecule has 3 fully saturated rings. The molecule has 3 N–H and O–H groups in total. The van der Waals surface area contributed by atoms with Gasteiger partial charge < -0.3 is 20.3 Å². The van der Waals surface area contributed by atoms with E-state index in [1.165, 1.54) is 4.57 Å². The van der Waals surface area contributed by atoms with E-state index < -0.39 is 35.0 Å². The third kappa shape index (κ3) is 2.92. The summed E-state index contributed by atoms with van der Waals surface area (Å²) in [7, 11) is 0. The van der Waals surface area contributed by atoms with Gasteiger partial charge in [0.15, 0.2) is 0 Å². The molecule has 1 saturated heterocycles. The molecule has 0 bridgehead atoms. The third-order valence-corrected chi connectivity index (χ3v) is 6.73. The highest BCUT2D eigenvalue weighted by molar-refractivity contribution is 6.38. The molecule has 2 heterocycles. The van der Waals surface area contributed by atoms with Gasteiger partial charge in [-0.15, -0.1) is 12.4 Å². The van der Waals surface area contributed by atoms with Crippen LogP contribution < -0.4 is 16.1 Å². The molecule has 29 heavy (non-hydrogen) atoms. The topological polar surface area (TPSA) is 88.6 Å². The number of anilines is 1. The first-order valence-corrected chi connectivity index (χ1v) is 9.56. The van der Waals surface area contributed by atoms with Gasteiger partial charge in [-0.05, 0) is 18.9 Å². The average molecular weight is 446 g/mol. The lowest BCUT2D eigenvalue weighted by Crippen LogP contribution is -2.30. The fourth-order valence-electron chi connectivity index (χ4n) is 4.43. The van der Waals surface area contributed by atoms with E-state index in [1.807, 2.05) is 0 Å². The monoisotopic (exact) mass is 445 g/mol. The number of nitrogens with two attached hydrogens (primary N) is 1. The predicted molar refractivity (Wildman–Crippen MR) is 108 cm³/mol. The van der Waals surface area contributed by atoms with E-state index in [9.17, 15) is 19.1 Å². The largest absolute Gasteiger partial charge is 0.477 e. The van der Waals surface area contributed by atoms with E-state index in [4.69, 9.17) is 17.3 Å². The van der Waals surface area contributed by atoms with Gasteiger partial charge in [0, 0.05) is 37.2 Å². The smallest absolute Gasteiger partial charge is 0.341 e. The highest BCUT2D eigenvalue weighted by atomic mass is 35.5. The van der Waals surface area contributed by atoms with E-state index in [1.54, 1.807) is 4.90 Å². The summed E-state index contributed by atoms with van der Waals surface area (Å²) in [5, 5.41) is 9.16. The molecule has 0 amide bonds. The predicted octanol–water partition coefficient (Wildman–Crippen LogP) is 3.12. The summed E-state index contributed by atoms with van der Waals surface area (Å²) in [5.74, 6) is -2.15. The van der Waals surface area contributed by atoms with Gasteiger partial charge in [-0.1, -0.05) is 11.6 Å². The molecule has 1 spiro atoms. The summed E-state index contributed by atoms with van der Waals surface area (Å²) >= 11 is 6.56. The number of hydrogen-bond donors (Lipinski definition) is 2. The number of carboxylic acid groups (broad SMARTS) is 1. The standard InChI is InChI=1S/C19H18ClF2N3O3.ClH/c20-14-15-8(17(26)9(18(27)28)5-25(15)12-4-10(12)21)3-11(22)16(14)24-6-13(23)19(7-24)1-2-19;/h3,5,10,12-13H,1-2,4,6-7,23H2,(H,27,28);1H/t10-,12-,13+;/m1./s1. The molecule has 2 saturated carbocycles. The molecule has 5 rings (SSSR count). The van der Waals surface area contributed by atoms with Gasteiger partial charge in [-0.2, -0.15) is 0 Å². The first-order chi connectivity index (χ1) is 13.2. The Hall–Kier alpha value is -1.90. The van der Waals surface area contributed by atoms with Gasteiger partial charge in [0.2, 0.25) is 5.43 Å².